The van der Waals surface area contributed by atoms with Crippen LogP contribution in [0.4, 0.5) is 13.2 Å². The molecule has 0 aliphatic carbocycles. The quantitative estimate of drug-likeness (QED) is 0.563. The van der Waals surface area contributed by atoms with Gasteiger partial charge in [0.25, 0.3) is 0 Å². The monoisotopic (exact) mass is 398 g/mol. The van der Waals surface area contributed by atoms with Gasteiger partial charge in [-0.3, -0.25) is 9.11 Å². The maximum absolute atomic E-state index is 12.2. The number of alkyl halides is 3. The van der Waals surface area contributed by atoms with Crippen LogP contribution in [0.15, 0.2) is 18.2 Å². The van der Waals surface area contributed by atoms with Crippen molar-refractivity contribution in [3.8, 4) is 0 Å². The van der Waals surface area contributed by atoms with E-state index in [4.69, 9.17) is 17.5 Å². The van der Waals surface area contributed by atoms with Crippen molar-refractivity contribution in [3.63, 3.8) is 0 Å². The van der Waals surface area contributed by atoms with E-state index in [1.165, 1.54) is 12.1 Å². The van der Waals surface area contributed by atoms with Crippen molar-refractivity contribution in [3.05, 3.63) is 32.9 Å². The third kappa shape index (κ3) is 7.84. The van der Waals surface area contributed by atoms with Gasteiger partial charge in [-0.1, -0.05) is 13.0 Å². The normalized spacial score (nSPS) is 11.7. The first-order valence-electron chi connectivity index (χ1n) is 4.50. The third-order valence-electron chi connectivity index (χ3n) is 1.76. The van der Waals surface area contributed by atoms with Gasteiger partial charge < -0.3 is 0 Å². The van der Waals surface area contributed by atoms with Gasteiger partial charge in [0.1, 0.15) is 0 Å². The predicted molar refractivity (Wildman–Crippen MR) is 67.7 cm³/mol. The molecule has 9 heteroatoms. The summed E-state index contributed by atoms with van der Waals surface area (Å²) in [5, 5.41) is 0. The van der Waals surface area contributed by atoms with Crippen LogP contribution in [-0.4, -0.2) is 17.5 Å². The molecule has 0 heterocycles. The molecule has 0 aromatic heterocycles. The molecule has 0 saturated carbocycles. The minimum atomic E-state index is -4.67. The molecule has 0 saturated heterocycles. The van der Waals surface area contributed by atoms with Crippen molar-refractivity contribution in [2.45, 2.75) is 19.5 Å². The molecule has 18 heavy (non-hydrogen) atoms. The fourth-order valence-corrected chi connectivity index (χ4v) is 1.91. The Kier molecular flexibility index (Phi) is 6.54. The zero-order chi connectivity index (χ0) is 14.6. The second kappa shape index (κ2) is 6.68. The van der Waals surface area contributed by atoms with Crippen LogP contribution in [0, 0.1) is 3.57 Å². The lowest BCUT2D eigenvalue weighted by Crippen LogP contribution is -2.05. The van der Waals surface area contributed by atoms with E-state index in [2.05, 4.69) is 0 Å². The molecule has 0 fully saturated rings. The van der Waals surface area contributed by atoms with Crippen molar-refractivity contribution in [1.82, 2.24) is 0 Å². The number of benzene rings is 1. The Balaban J connectivity index is 0.000000494. The predicted octanol–water partition coefficient (Wildman–Crippen LogP) is 3.22. The zero-order valence-corrected chi connectivity index (χ0v) is 12.0. The van der Waals surface area contributed by atoms with Crippen LogP contribution in [0.2, 0.25) is 0 Å². The highest BCUT2D eigenvalue weighted by Gasteiger charge is 2.30. The molecule has 4 nitrogen and oxygen atoms in total. The van der Waals surface area contributed by atoms with Gasteiger partial charge in [-0.25, -0.2) is 0 Å². The molecule has 0 amide bonds. The minimum Gasteiger partial charge on any atom is -0.264 e. The molecular weight excluding hydrogens is 388 g/mol. The molecule has 0 radical (unpaired) electrons. The number of aryl methyl sites for hydroxylation is 1. The minimum absolute atomic E-state index is 0.575. The summed E-state index contributed by atoms with van der Waals surface area (Å²) in [7, 11) is -4.67. The summed E-state index contributed by atoms with van der Waals surface area (Å²) >= 11 is 1.93. The molecule has 0 bridgehead atoms. The van der Waals surface area contributed by atoms with Gasteiger partial charge in [-0.2, -0.15) is 21.6 Å². The topological polar surface area (TPSA) is 74.6 Å². The van der Waals surface area contributed by atoms with Crippen LogP contribution >= 0.6 is 22.6 Å². The Morgan fingerprint density at radius 3 is 2.00 bits per heavy atom. The second-order valence-electron chi connectivity index (χ2n) is 3.11. The number of hydrogen-bond acceptors (Lipinski definition) is 2. The average molecular weight is 398 g/mol. The van der Waals surface area contributed by atoms with E-state index in [0.29, 0.717) is 3.57 Å². The van der Waals surface area contributed by atoms with Crippen molar-refractivity contribution < 1.29 is 30.7 Å². The molecule has 0 atom stereocenters. The van der Waals surface area contributed by atoms with E-state index >= 15 is 0 Å². The lowest BCUT2D eigenvalue weighted by atomic mass is 10.1. The summed E-state index contributed by atoms with van der Waals surface area (Å²) in [6, 6.07) is 3.84. The van der Waals surface area contributed by atoms with Gasteiger partial charge in [0.15, 0.2) is 0 Å². The molecular formula is C9H10F3IO4S. The molecule has 0 unspecified atom stereocenters. The SMILES string of the molecule is CCc1ccc(C(F)(F)F)cc1I.O=S(=O)(O)O. The summed E-state index contributed by atoms with van der Waals surface area (Å²) in [4.78, 5) is 0. The Morgan fingerprint density at radius 2 is 1.72 bits per heavy atom. The van der Waals surface area contributed by atoms with Crippen LogP contribution in [0.25, 0.3) is 0 Å². The summed E-state index contributed by atoms with van der Waals surface area (Å²) in [6.07, 6.45) is -3.47. The Morgan fingerprint density at radius 1 is 1.28 bits per heavy atom. The van der Waals surface area contributed by atoms with Crippen molar-refractivity contribution >= 4 is 33.0 Å². The Hall–Kier alpha value is -0.390. The first kappa shape index (κ1) is 17.6. The first-order chi connectivity index (χ1) is 7.95. The van der Waals surface area contributed by atoms with Gasteiger partial charge in [0.2, 0.25) is 0 Å². The van der Waals surface area contributed by atoms with E-state index in [0.717, 1.165) is 18.1 Å². The third-order valence-corrected chi connectivity index (χ3v) is 2.77. The smallest absolute Gasteiger partial charge is 0.264 e. The highest BCUT2D eigenvalue weighted by atomic mass is 127. The van der Waals surface area contributed by atoms with Crippen molar-refractivity contribution in [2.24, 2.45) is 0 Å². The van der Waals surface area contributed by atoms with Crippen LogP contribution in [0.1, 0.15) is 18.1 Å². The van der Waals surface area contributed by atoms with Crippen molar-refractivity contribution in [2.75, 3.05) is 0 Å². The number of hydrogen-bond donors (Lipinski definition) is 2. The van der Waals surface area contributed by atoms with E-state index < -0.39 is 22.1 Å². The summed E-state index contributed by atoms with van der Waals surface area (Å²) in [6.45, 7) is 1.92. The maximum Gasteiger partial charge on any atom is 0.416 e. The highest BCUT2D eigenvalue weighted by Crippen LogP contribution is 2.30. The van der Waals surface area contributed by atoms with E-state index in [1.807, 2.05) is 29.5 Å². The van der Waals surface area contributed by atoms with E-state index in [-0.39, 0.29) is 0 Å². The number of rotatable bonds is 1. The van der Waals surface area contributed by atoms with Gasteiger partial charge in [-0.05, 0) is 46.7 Å². The molecule has 2 N–H and O–H groups in total. The Labute approximate surface area is 116 Å². The average Bonchev–Trinajstić information content (AvgIpc) is 2.13. The van der Waals surface area contributed by atoms with E-state index in [1.54, 1.807) is 0 Å². The van der Waals surface area contributed by atoms with Gasteiger partial charge in [-0.15, -0.1) is 0 Å². The summed E-state index contributed by atoms with van der Waals surface area (Å²) in [5.74, 6) is 0. The lowest BCUT2D eigenvalue weighted by molar-refractivity contribution is -0.137. The fourth-order valence-electron chi connectivity index (χ4n) is 1.01. The van der Waals surface area contributed by atoms with Gasteiger partial charge in [0, 0.05) is 3.57 Å². The van der Waals surface area contributed by atoms with Gasteiger partial charge in [0.05, 0.1) is 5.56 Å². The lowest BCUT2D eigenvalue weighted by Gasteiger charge is -2.08. The largest absolute Gasteiger partial charge is 0.416 e. The number of halogens is 4. The van der Waals surface area contributed by atoms with Crippen LogP contribution in [0.3, 0.4) is 0 Å². The van der Waals surface area contributed by atoms with Crippen LogP contribution in [0.5, 0.6) is 0 Å². The van der Waals surface area contributed by atoms with Crippen LogP contribution in [-0.2, 0) is 23.0 Å². The fraction of sp³-hybridized carbons (Fsp3) is 0.333. The molecule has 1 rings (SSSR count). The van der Waals surface area contributed by atoms with Crippen molar-refractivity contribution in [1.29, 1.82) is 0 Å². The molecule has 0 aliphatic rings. The molecule has 104 valence electrons. The highest BCUT2D eigenvalue weighted by molar-refractivity contribution is 14.1. The zero-order valence-electron chi connectivity index (χ0n) is 9.07. The van der Waals surface area contributed by atoms with Crippen LogP contribution < -0.4 is 0 Å². The van der Waals surface area contributed by atoms with E-state index in [9.17, 15) is 13.2 Å². The molecule has 1 aromatic carbocycles. The van der Waals surface area contributed by atoms with Gasteiger partial charge >= 0.3 is 16.6 Å². The molecule has 0 spiro atoms. The standard InChI is InChI=1S/C9H8F3I.H2O4S/c1-2-6-3-4-7(5-8(6)13)9(10,11)12;1-5(2,3)4/h3-5H,2H2,1H3;(H2,1,2,3,4). The maximum atomic E-state index is 12.2. The summed E-state index contributed by atoms with van der Waals surface area (Å²) < 4.78 is 68.9. The molecule has 1 aromatic rings. The Bertz CT molecular complexity index is 491. The molecule has 0 aliphatic heterocycles. The first-order valence-corrected chi connectivity index (χ1v) is 6.98. The second-order valence-corrected chi connectivity index (χ2v) is 5.16. The summed E-state index contributed by atoms with van der Waals surface area (Å²) in [5.41, 5.74) is 0.377.